The van der Waals surface area contributed by atoms with E-state index in [1.165, 1.54) is 11.3 Å². The zero-order chi connectivity index (χ0) is 19.9. The van der Waals surface area contributed by atoms with E-state index in [4.69, 9.17) is 16.0 Å². The highest BCUT2D eigenvalue weighted by molar-refractivity contribution is 7.13. The first-order chi connectivity index (χ1) is 13.6. The van der Waals surface area contributed by atoms with Crippen molar-refractivity contribution in [1.29, 1.82) is 0 Å². The van der Waals surface area contributed by atoms with Crippen LogP contribution in [0.1, 0.15) is 31.3 Å². The zero-order valence-electron chi connectivity index (χ0n) is 16.0. The highest BCUT2D eigenvalue weighted by atomic mass is 35.5. The van der Waals surface area contributed by atoms with Gasteiger partial charge >= 0.3 is 0 Å². The average Bonchev–Trinajstić information content (AvgIpc) is 3.38. The van der Waals surface area contributed by atoms with Crippen LogP contribution in [-0.2, 0) is 11.2 Å². The van der Waals surface area contributed by atoms with Gasteiger partial charge in [-0.25, -0.2) is 4.98 Å². The Kier molecular flexibility index (Phi) is 7.25. The summed E-state index contributed by atoms with van der Waals surface area (Å²) in [5, 5.41) is 6.42. The molecule has 0 radical (unpaired) electrons. The standard InChI is InChI=1S/C21H24ClN3O2S/c1-3-25(4-2)18(19-10-7-11-27-19)13-23-20(26)12-15-14-28-21(24-15)16-8-5-6-9-17(16)22/h5-11,14,18H,3-4,12-13H2,1-2H3,(H,23,26). The Morgan fingerprint density at radius 2 is 2.04 bits per heavy atom. The van der Waals surface area contributed by atoms with E-state index in [1.807, 2.05) is 41.8 Å². The number of amides is 1. The molecule has 28 heavy (non-hydrogen) atoms. The molecular weight excluding hydrogens is 394 g/mol. The van der Waals surface area contributed by atoms with Crippen LogP contribution < -0.4 is 5.32 Å². The van der Waals surface area contributed by atoms with Gasteiger partial charge in [0.15, 0.2) is 0 Å². The molecule has 5 nitrogen and oxygen atoms in total. The molecular formula is C21H24ClN3O2S. The summed E-state index contributed by atoms with van der Waals surface area (Å²) in [5.74, 6) is 0.804. The Labute approximate surface area is 174 Å². The van der Waals surface area contributed by atoms with Crippen LogP contribution in [0.15, 0.2) is 52.5 Å². The van der Waals surface area contributed by atoms with E-state index in [2.05, 4.69) is 29.0 Å². The second-order valence-electron chi connectivity index (χ2n) is 6.36. The van der Waals surface area contributed by atoms with E-state index in [9.17, 15) is 4.79 Å². The molecule has 0 saturated heterocycles. The van der Waals surface area contributed by atoms with Crippen molar-refractivity contribution in [2.45, 2.75) is 26.3 Å². The number of furan rings is 1. The summed E-state index contributed by atoms with van der Waals surface area (Å²) >= 11 is 7.73. The monoisotopic (exact) mass is 417 g/mol. The lowest BCUT2D eigenvalue weighted by atomic mass is 10.1. The Hall–Kier alpha value is -2.15. The van der Waals surface area contributed by atoms with Crippen LogP contribution in [0.5, 0.6) is 0 Å². The van der Waals surface area contributed by atoms with E-state index in [0.29, 0.717) is 11.6 Å². The number of carbonyl (C=O) groups excluding carboxylic acids is 1. The van der Waals surface area contributed by atoms with Gasteiger partial charge in [-0.1, -0.05) is 43.6 Å². The number of carbonyl (C=O) groups is 1. The van der Waals surface area contributed by atoms with Gasteiger partial charge in [0.1, 0.15) is 10.8 Å². The topological polar surface area (TPSA) is 58.4 Å². The highest BCUT2D eigenvalue weighted by Gasteiger charge is 2.21. The minimum atomic E-state index is -0.0558. The maximum Gasteiger partial charge on any atom is 0.226 e. The van der Waals surface area contributed by atoms with Gasteiger partial charge < -0.3 is 9.73 Å². The van der Waals surface area contributed by atoms with Crippen molar-refractivity contribution >= 4 is 28.8 Å². The number of aromatic nitrogens is 1. The highest BCUT2D eigenvalue weighted by Crippen LogP contribution is 2.30. The van der Waals surface area contributed by atoms with Gasteiger partial charge in [0, 0.05) is 17.5 Å². The van der Waals surface area contributed by atoms with Crippen molar-refractivity contribution in [2.75, 3.05) is 19.6 Å². The van der Waals surface area contributed by atoms with E-state index >= 15 is 0 Å². The number of nitrogens with zero attached hydrogens (tertiary/aromatic N) is 2. The molecule has 2 aromatic heterocycles. The number of hydrogen-bond acceptors (Lipinski definition) is 5. The van der Waals surface area contributed by atoms with E-state index in [-0.39, 0.29) is 18.4 Å². The van der Waals surface area contributed by atoms with Crippen molar-refractivity contribution in [1.82, 2.24) is 15.2 Å². The number of nitrogens with one attached hydrogen (secondary N) is 1. The molecule has 3 rings (SSSR count). The van der Waals surface area contributed by atoms with Gasteiger partial charge in [0.2, 0.25) is 5.91 Å². The lowest BCUT2D eigenvalue weighted by Crippen LogP contribution is -2.38. The Morgan fingerprint density at radius 3 is 2.71 bits per heavy atom. The Balaban J connectivity index is 1.61. The van der Waals surface area contributed by atoms with Crippen LogP contribution in [-0.4, -0.2) is 35.4 Å². The quantitative estimate of drug-likeness (QED) is 0.543. The molecule has 148 valence electrons. The third-order valence-corrected chi connectivity index (χ3v) is 5.87. The Bertz CT molecular complexity index is 891. The maximum atomic E-state index is 12.5. The molecule has 0 spiro atoms. The molecule has 7 heteroatoms. The smallest absolute Gasteiger partial charge is 0.226 e. The fraction of sp³-hybridized carbons (Fsp3) is 0.333. The number of halogens is 1. The summed E-state index contributed by atoms with van der Waals surface area (Å²) in [4.78, 5) is 19.3. The zero-order valence-corrected chi connectivity index (χ0v) is 17.6. The molecule has 0 bridgehead atoms. The van der Waals surface area contributed by atoms with Gasteiger partial charge in [0.05, 0.1) is 29.4 Å². The molecule has 3 aromatic rings. The van der Waals surface area contributed by atoms with Crippen molar-refractivity contribution in [2.24, 2.45) is 0 Å². The second kappa shape index (κ2) is 9.87. The minimum Gasteiger partial charge on any atom is -0.468 e. The van der Waals surface area contributed by atoms with E-state index in [1.54, 1.807) is 6.26 Å². The fourth-order valence-corrected chi connectivity index (χ4v) is 4.28. The molecule has 1 amide bonds. The first kappa shape index (κ1) is 20.6. The Morgan fingerprint density at radius 1 is 1.25 bits per heavy atom. The van der Waals surface area contributed by atoms with Crippen LogP contribution in [0.3, 0.4) is 0 Å². The number of hydrogen-bond donors (Lipinski definition) is 1. The van der Waals surface area contributed by atoms with Crippen molar-refractivity contribution in [3.05, 3.63) is 64.5 Å². The predicted molar refractivity (Wildman–Crippen MR) is 114 cm³/mol. The van der Waals surface area contributed by atoms with Crippen LogP contribution in [0, 0.1) is 0 Å². The summed E-state index contributed by atoms with van der Waals surface area (Å²) in [6, 6.07) is 11.4. The summed E-state index contributed by atoms with van der Waals surface area (Å²) in [5.41, 5.74) is 1.63. The lowest BCUT2D eigenvalue weighted by molar-refractivity contribution is -0.120. The van der Waals surface area contributed by atoms with E-state index in [0.717, 1.165) is 35.1 Å². The van der Waals surface area contributed by atoms with Crippen LogP contribution in [0.4, 0.5) is 0 Å². The van der Waals surface area contributed by atoms with Gasteiger partial charge in [-0.15, -0.1) is 11.3 Å². The van der Waals surface area contributed by atoms with Crippen molar-refractivity contribution in [3.8, 4) is 10.6 Å². The molecule has 0 aliphatic carbocycles. The number of rotatable bonds is 9. The first-order valence-electron chi connectivity index (χ1n) is 9.35. The first-order valence-corrected chi connectivity index (χ1v) is 10.6. The lowest BCUT2D eigenvalue weighted by Gasteiger charge is -2.28. The fourth-order valence-electron chi connectivity index (χ4n) is 3.14. The summed E-state index contributed by atoms with van der Waals surface area (Å²) in [6.07, 6.45) is 1.91. The molecule has 0 aliphatic rings. The second-order valence-corrected chi connectivity index (χ2v) is 7.62. The molecule has 0 saturated carbocycles. The largest absolute Gasteiger partial charge is 0.468 e. The van der Waals surface area contributed by atoms with Gasteiger partial charge in [-0.2, -0.15) is 0 Å². The van der Waals surface area contributed by atoms with Gasteiger partial charge in [-0.05, 0) is 31.3 Å². The average molecular weight is 418 g/mol. The summed E-state index contributed by atoms with van der Waals surface area (Å²) in [6.45, 7) is 6.46. The third kappa shape index (κ3) is 5.01. The minimum absolute atomic E-state index is 0.0167. The number of benzene rings is 1. The summed E-state index contributed by atoms with van der Waals surface area (Å²) < 4.78 is 5.58. The van der Waals surface area contributed by atoms with Crippen molar-refractivity contribution in [3.63, 3.8) is 0 Å². The molecule has 0 fully saturated rings. The molecule has 1 N–H and O–H groups in total. The van der Waals surface area contributed by atoms with Gasteiger partial charge in [-0.3, -0.25) is 9.69 Å². The number of thiazole rings is 1. The molecule has 1 atom stereocenters. The molecule has 2 heterocycles. The van der Waals surface area contributed by atoms with Crippen LogP contribution in [0.2, 0.25) is 5.02 Å². The molecule has 0 aliphatic heterocycles. The van der Waals surface area contributed by atoms with Crippen LogP contribution in [0.25, 0.3) is 10.6 Å². The van der Waals surface area contributed by atoms with Gasteiger partial charge in [0.25, 0.3) is 0 Å². The summed E-state index contributed by atoms with van der Waals surface area (Å²) in [7, 11) is 0. The SMILES string of the molecule is CCN(CC)C(CNC(=O)Cc1csc(-c2ccccc2Cl)n1)c1ccco1. The predicted octanol–water partition coefficient (Wildman–Crippen LogP) is 4.80. The normalized spacial score (nSPS) is 12.3. The maximum absolute atomic E-state index is 12.5. The number of likely N-dealkylation sites (N-methyl/N-ethyl adjacent to an activating group) is 1. The third-order valence-electron chi connectivity index (χ3n) is 4.62. The van der Waals surface area contributed by atoms with E-state index < -0.39 is 0 Å². The van der Waals surface area contributed by atoms with Crippen LogP contribution >= 0.6 is 22.9 Å². The van der Waals surface area contributed by atoms with Crippen molar-refractivity contribution < 1.29 is 9.21 Å². The molecule has 1 aromatic carbocycles. The molecule has 1 unspecified atom stereocenters.